The molecule has 0 radical (unpaired) electrons. The molecule has 1 rings (SSSR count). The van der Waals surface area contributed by atoms with E-state index in [1.165, 1.54) is 0 Å². The van der Waals surface area contributed by atoms with E-state index >= 15 is 0 Å². The quantitative estimate of drug-likeness (QED) is 0.0799. The largest absolute Gasteiger partial charge is 0.480 e. The van der Waals surface area contributed by atoms with Crippen LogP contribution < -0.4 is 32.7 Å². The first-order valence-corrected chi connectivity index (χ1v) is 10.6. The topological polar surface area (TPSA) is 221 Å². The van der Waals surface area contributed by atoms with Crippen LogP contribution in [0, 0.1) is 5.92 Å². The van der Waals surface area contributed by atoms with Crippen LogP contribution in [0.2, 0.25) is 0 Å². The highest BCUT2D eigenvalue weighted by molar-refractivity contribution is 5.94. The summed E-state index contributed by atoms with van der Waals surface area (Å²) in [5.74, 6) is -3.53. The molecule has 1 fully saturated rings. The molecule has 0 bridgehead atoms. The molecule has 10 N–H and O–H groups in total. The van der Waals surface area contributed by atoms with Crippen LogP contribution in [0.4, 0.5) is 0 Å². The van der Waals surface area contributed by atoms with E-state index in [9.17, 15) is 19.2 Å². The van der Waals surface area contributed by atoms with Gasteiger partial charge in [-0.15, -0.1) is 0 Å². The molecule has 0 saturated carbocycles. The lowest BCUT2D eigenvalue weighted by Crippen LogP contribution is -2.58. The average molecular weight is 458 g/mol. The summed E-state index contributed by atoms with van der Waals surface area (Å²) in [6, 6.07) is -3.91. The summed E-state index contributed by atoms with van der Waals surface area (Å²) in [5.41, 5.74) is 10.6. The van der Waals surface area contributed by atoms with Crippen molar-refractivity contribution in [2.45, 2.75) is 63.7 Å². The van der Waals surface area contributed by atoms with Crippen molar-refractivity contribution in [3.05, 3.63) is 0 Å². The van der Waals surface area contributed by atoms with Gasteiger partial charge >= 0.3 is 5.97 Å². The van der Waals surface area contributed by atoms with Crippen molar-refractivity contribution < 1.29 is 29.4 Å². The van der Waals surface area contributed by atoms with Crippen LogP contribution in [0.3, 0.4) is 0 Å². The van der Waals surface area contributed by atoms with Crippen molar-refractivity contribution in [1.82, 2.24) is 21.3 Å². The number of aliphatic hydroxyl groups is 1. The number of aliphatic imine (C=N–C) groups is 1. The third-order valence-electron chi connectivity index (χ3n) is 5.00. The van der Waals surface area contributed by atoms with Crippen molar-refractivity contribution in [1.29, 1.82) is 0 Å². The van der Waals surface area contributed by atoms with Gasteiger partial charge in [-0.25, -0.2) is 4.79 Å². The second-order valence-electron chi connectivity index (χ2n) is 7.97. The molecule has 4 atom stereocenters. The van der Waals surface area contributed by atoms with Crippen LogP contribution in [-0.2, 0) is 19.2 Å². The summed E-state index contributed by atoms with van der Waals surface area (Å²) in [4.78, 5) is 53.0. The predicted molar refractivity (Wildman–Crippen MR) is 116 cm³/mol. The molecule has 182 valence electrons. The Labute approximate surface area is 186 Å². The van der Waals surface area contributed by atoms with Crippen molar-refractivity contribution in [3.63, 3.8) is 0 Å². The molecule has 0 spiro atoms. The number of carbonyl (C=O) groups is 4. The fraction of sp³-hybridized carbons (Fsp3) is 0.737. The van der Waals surface area contributed by atoms with Gasteiger partial charge in [0.15, 0.2) is 5.96 Å². The molecule has 1 saturated heterocycles. The lowest BCUT2D eigenvalue weighted by Gasteiger charge is -2.26. The number of carbonyl (C=O) groups excluding carboxylic acids is 3. The fourth-order valence-corrected chi connectivity index (χ4v) is 3.19. The Kier molecular flexibility index (Phi) is 11.4. The smallest absolute Gasteiger partial charge is 0.328 e. The minimum atomic E-state index is -1.50. The highest BCUT2D eigenvalue weighted by Gasteiger charge is 2.32. The molecule has 32 heavy (non-hydrogen) atoms. The van der Waals surface area contributed by atoms with Crippen LogP contribution in [-0.4, -0.2) is 83.7 Å². The van der Waals surface area contributed by atoms with Gasteiger partial charge in [0.2, 0.25) is 17.7 Å². The summed E-state index contributed by atoms with van der Waals surface area (Å²) in [5, 5.41) is 28.7. The number of guanidine groups is 1. The number of nitrogens with two attached hydrogens (primary N) is 2. The number of amides is 3. The number of nitrogens with zero attached hydrogens (tertiary/aromatic N) is 1. The van der Waals surface area contributed by atoms with Crippen molar-refractivity contribution in [2.75, 3.05) is 19.7 Å². The van der Waals surface area contributed by atoms with E-state index in [0.717, 1.165) is 6.42 Å². The highest BCUT2D eigenvalue weighted by Crippen LogP contribution is 2.09. The Hall–Kier alpha value is -2.93. The first-order valence-electron chi connectivity index (χ1n) is 10.6. The van der Waals surface area contributed by atoms with Crippen molar-refractivity contribution in [2.24, 2.45) is 22.4 Å². The summed E-state index contributed by atoms with van der Waals surface area (Å²) in [7, 11) is 0. The maximum Gasteiger partial charge on any atom is 0.328 e. The van der Waals surface area contributed by atoms with E-state index in [4.69, 9.17) is 21.7 Å². The standard InChI is InChI=1S/C19H35N7O6/c1-10(2)14(17(30)25-13(9-27)18(31)32)26-16(29)12(6-4-8-23-19(20)21)24-15(28)11-5-3-7-22-11/h10-14,22,27H,3-9H2,1-2H3,(H,24,28)(H,25,30)(H,26,29)(H,31,32)(H4,20,21,23). The number of hydrogen-bond donors (Lipinski definition) is 8. The Morgan fingerprint density at radius 1 is 1.09 bits per heavy atom. The normalized spacial score (nSPS) is 18.3. The zero-order chi connectivity index (χ0) is 24.3. The second kappa shape index (κ2) is 13.5. The predicted octanol–water partition coefficient (Wildman–Crippen LogP) is -3.02. The number of nitrogens with one attached hydrogen (secondary N) is 4. The van der Waals surface area contributed by atoms with Crippen LogP contribution in [0.15, 0.2) is 4.99 Å². The Bertz CT molecular complexity index is 690. The summed E-state index contributed by atoms with van der Waals surface area (Å²) >= 11 is 0. The lowest BCUT2D eigenvalue weighted by molar-refractivity contribution is -0.143. The summed E-state index contributed by atoms with van der Waals surface area (Å²) < 4.78 is 0. The number of rotatable bonds is 13. The van der Waals surface area contributed by atoms with Gasteiger partial charge in [0.25, 0.3) is 0 Å². The Balaban J connectivity index is 2.87. The van der Waals surface area contributed by atoms with Gasteiger partial charge in [-0.3, -0.25) is 19.4 Å². The Morgan fingerprint density at radius 3 is 2.28 bits per heavy atom. The maximum atomic E-state index is 13.0. The lowest BCUT2D eigenvalue weighted by atomic mass is 10.0. The fourth-order valence-electron chi connectivity index (χ4n) is 3.19. The SMILES string of the molecule is CC(C)C(NC(=O)C(CCCN=C(N)N)NC(=O)C1CCCN1)C(=O)NC(CO)C(=O)O. The van der Waals surface area contributed by atoms with E-state index in [-0.39, 0.29) is 30.8 Å². The molecular weight excluding hydrogens is 422 g/mol. The zero-order valence-corrected chi connectivity index (χ0v) is 18.5. The van der Waals surface area contributed by atoms with E-state index < -0.39 is 48.6 Å². The third kappa shape index (κ3) is 9.06. The van der Waals surface area contributed by atoms with E-state index in [1.54, 1.807) is 13.8 Å². The molecule has 13 nitrogen and oxygen atoms in total. The molecule has 0 aromatic rings. The minimum Gasteiger partial charge on any atom is -0.480 e. The first-order chi connectivity index (χ1) is 15.1. The monoisotopic (exact) mass is 457 g/mol. The van der Waals surface area contributed by atoms with Gasteiger partial charge in [0.05, 0.1) is 12.6 Å². The number of carboxylic acids is 1. The molecule has 0 aromatic heterocycles. The van der Waals surface area contributed by atoms with Crippen LogP contribution >= 0.6 is 0 Å². The zero-order valence-electron chi connectivity index (χ0n) is 18.5. The van der Waals surface area contributed by atoms with E-state index in [1.807, 2.05) is 0 Å². The van der Waals surface area contributed by atoms with E-state index in [2.05, 4.69) is 26.3 Å². The molecule has 3 amide bonds. The highest BCUT2D eigenvalue weighted by atomic mass is 16.4. The molecule has 1 heterocycles. The van der Waals surface area contributed by atoms with Gasteiger partial charge in [0, 0.05) is 6.54 Å². The number of aliphatic carboxylic acids is 1. The Morgan fingerprint density at radius 2 is 1.78 bits per heavy atom. The molecule has 1 aliphatic rings. The van der Waals surface area contributed by atoms with Crippen LogP contribution in [0.25, 0.3) is 0 Å². The van der Waals surface area contributed by atoms with Crippen molar-refractivity contribution in [3.8, 4) is 0 Å². The van der Waals surface area contributed by atoms with E-state index in [0.29, 0.717) is 19.4 Å². The molecule has 0 aliphatic carbocycles. The van der Waals surface area contributed by atoms with Crippen LogP contribution in [0.5, 0.6) is 0 Å². The number of carboxylic acid groups (broad SMARTS) is 1. The summed E-state index contributed by atoms with van der Waals surface area (Å²) in [6.45, 7) is 3.53. The number of aliphatic hydroxyl groups excluding tert-OH is 1. The third-order valence-corrected chi connectivity index (χ3v) is 5.00. The van der Waals surface area contributed by atoms with Crippen molar-refractivity contribution >= 4 is 29.7 Å². The van der Waals surface area contributed by atoms with Gasteiger partial charge in [-0.2, -0.15) is 0 Å². The second-order valence-corrected chi connectivity index (χ2v) is 7.97. The van der Waals surface area contributed by atoms with Crippen LogP contribution in [0.1, 0.15) is 39.5 Å². The van der Waals surface area contributed by atoms with Gasteiger partial charge < -0.3 is 42.9 Å². The minimum absolute atomic E-state index is 0.0846. The van der Waals surface area contributed by atoms with Gasteiger partial charge in [-0.1, -0.05) is 13.8 Å². The van der Waals surface area contributed by atoms with Gasteiger partial charge in [0.1, 0.15) is 18.1 Å². The molecule has 4 unspecified atom stereocenters. The van der Waals surface area contributed by atoms with Gasteiger partial charge in [-0.05, 0) is 38.1 Å². The average Bonchev–Trinajstić information content (AvgIpc) is 3.26. The molecule has 13 heteroatoms. The molecule has 1 aliphatic heterocycles. The summed E-state index contributed by atoms with van der Waals surface area (Å²) in [6.07, 6.45) is 2.13. The maximum absolute atomic E-state index is 13.0. The number of hydrogen-bond acceptors (Lipinski definition) is 7. The molecular formula is C19H35N7O6. The first kappa shape index (κ1) is 27.1. The molecule has 0 aromatic carbocycles.